The van der Waals surface area contributed by atoms with Crippen LogP contribution in [-0.4, -0.2) is 37.1 Å². The van der Waals surface area contributed by atoms with Crippen LogP contribution in [0.25, 0.3) is 10.9 Å². The summed E-state index contributed by atoms with van der Waals surface area (Å²) in [5.74, 6) is 0.917. The highest BCUT2D eigenvalue weighted by molar-refractivity contribution is 5.92. The molecule has 3 rings (SSSR count). The van der Waals surface area contributed by atoms with Gasteiger partial charge in [-0.05, 0) is 44.8 Å². The number of benzene rings is 2. The third-order valence-electron chi connectivity index (χ3n) is 3.91. The van der Waals surface area contributed by atoms with E-state index in [0.29, 0.717) is 6.61 Å². The summed E-state index contributed by atoms with van der Waals surface area (Å²) in [5, 5.41) is 4.59. The number of pyridine rings is 1. The molecular weight excluding hydrogens is 298 g/mol. The summed E-state index contributed by atoms with van der Waals surface area (Å²) in [4.78, 5) is 6.51. The molecule has 124 valence electrons. The minimum atomic E-state index is 0.676. The molecular formula is C20H23N3O. The lowest BCUT2D eigenvalue weighted by Gasteiger charge is -2.15. The second-order valence-corrected chi connectivity index (χ2v) is 6.13. The number of fused-ring (bicyclic) bond motifs is 1. The van der Waals surface area contributed by atoms with Crippen molar-refractivity contribution in [3.05, 3.63) is 60.3 Å². The minimum absolute atomic E-state index is 0.676. The summed E-state index contributed by atoms with van der Waals surface area (Å²) in [5.41, 5.74) is 4.18. The van der Waals surface area contributed by atoms with Gasteiger partial charge in [0.15, 0.2) is 0 Å². The van der Waals surface area contributed by atoms with Crippen LogP contribution in [0.5, 0.6) is 5.75 Å². The van der Waals surface area contributed by atoms with Crippen molar-refractivity contribution in [3.63, 3.8) is 0 Å². The van der Waals surface area contributed by atoms with Gasteiger partial charge in [-0.3, -0.25) is 4.98 Å². The van der Waals surface area contributed by atoms with Crippen molar-refractivity contribution in [1.82, 2.24) is 9.88 Å². The van der Waals surface area contributed by atoms with Crippen LogP contribution in [0.3, 0.4) is 0 Å². The van der Waals surface area contributed by atoms with Gasteiger partial charge in [0.1, 0.15) is 12.4 Å². The molecule has 4 nitrogen and oxygen atoms in total. The second kappa shape index (κ2) is 7.32. The van der Waals surface area contributed by atoms with E-state index in [4.69, 9.17) is 4.74 Å². The summed E-state index contributed by atoms with van der Waals surface area (Å²) in [6.07, 6.45) is 1.83. The van der Waals surface area contributed by atoms with E-state index < -0.39 is 0 Å². The van der Waals surface area contributed by atoms with E-state index >= 15 is 0 Å². The number of anilines is 2. The van der Waals surface area contributed by atoms with E-state index in [1.165, 1.54) is 0 Å². The molecule has 0 amide bonds. The van der Waals surface area contributed by atoms with Crippen LogP contribution in [0.1, 0.15) is 5.56 Å². The first-order valence-electron chi connectivity index (χ1n) is 8.12. The lowest BCUT2D eigenvalue weighted by Crippen LogP contribution is -2.19. The highest BCUT2D eigenvalue weighted by Crippen LogP contribution is 2.28. The maximum atomic E-state index is 5.92. The highest BCUT2D eigenvalue weighted by Gasteiger charge is 2.05. The Morgan fingerprint density at radius 3 is 2.75 bits per heavy atom. The summed E-state index contributed by atoms with van der Waals surface area (Å²) < 4.78 is 5.92. The smallest absolute Gasteiger partial charge is 0.124 e. The second-order valence-electron chi connectivity index (χ2n) is 6.13. The molecule has 0 saturated heterocycles. The molecule has 24 heavy (non-hydrogen) atoms. The number of nitrogens with one attached hydrogen (secondary N) is 1. The lowest BCUT2D eigenvalue weighted by molar-refractivity contribution is 0.260. The van der Waals surface area contributed by atoms with Gasteiger partial charge in [0.05, 0.1) is 5.52 Å². The number of likely N-dealkylation sites (N-methyl/N-ethyl adjacent to an activating group) is 1. The first-order chi connectivity index (χ1) is 11.6. The van der Waals surface area contributed by atoms with Gasteiger partial charge < -0.3 is 15.0 Å². The predicted molar refractivity (Wildman–Crippen MR) is 100 cm³/mol. The molecule has 0 aliphatic heterocycles. The summed E-state index contributed by atoms with van der Waals surface area (Å²) in [6.45, 7) is 3.64. The molecule has 0 spiro atoms. The van der Waals surface area contributed by atoms with Crippen molar-refractivity contribution in [2.45, 2.75) is 6.92 Å². The number of hydrogen-bond acceptors (Lipinski definition) is 4. The first-order valence-corrected chi connectivity index (χ1v) is 8.12. The van der Waals surface area contributed by atoms with Gasteiger partial charge in [-0.1, -0.05) is 24.3 Å². The lowest BCUT2D eigenvalue weighted by atomic mass is 10.1. The Balaban J connectivity index is 1.82. The number of hydrogen-bond donors (Lipinski definition) is 1. The molecule has 1 aromatic heterocycles. The van der Waals surface area contributed by atoms with Gasteiger partial charge >= 0.3 is 0 Å². The zero-order valence-corrected chi connectivity index (χ0v) is 14.4. The Bertz CT molecular complexity index is 825. The Morgan fingerprint density at radius 1 is 1.08 bits per heavy atom. The van der Waals surface area contributed by atoms with E-state index in [0.717, 1.165) is 40.1 Å². The number of para-hydroxylation sites is 1. The van der Waals surface area contributed by atoms with Crippen LogP contribution in [0.4, 0.5) is 11.4 Å². The fourth-order valence-corrected chi connectivity index (χ4v) is 2.53. The van der Waals surface area contributed by atoms with Crippen molar-refractivity contribution in [3.8, 4) is 5.75 Å². The van der Waals surface area contributed by atoms with E-state index in [1.54, 1.807) is 0 Å². The molecule has 3 aromatic rings. The van der Waals surface area contributed by atoms with E-state index in [-0.39, 0.29) is 0 Å². The number of aryl methyl sites for hydroxylation is 1. The average molecular weight is 321 g/mol. The third-order valence-corrected chi connectivity index (χ3v) is 3.91. The molecule has 0 radical (unpaired) electrons. The van der Waals surface area contributed by atoms with Crippen LogP contribution >= 0.6 is 0 Å². The van der Waals surface area contributed by atoms with Crippen molar-refractivity contribution in [1.29, 1.82) is 0 Å². The molecule has 0 atom stereocenters. The molecule has 1 N–H and O–H groups in total. The van der Waals surface area contributed by atoms with E-state index in [2.05, 4.69) is 46.4 Å². The topological polar surface area (TPSA) is 37.4 Å². The Labute approximate surface area is 143 Å². The molecule has 0 fully saturated rings. The fraction of sp³-hybridized carbons (Fsp3) is 0.250. The van der Waals surface area contributed by atoms with Crippen LogP contribution in [0.15, 0.2) is 54.7 Å². The number of nitrogens with zero attached hydrogens (tertiary/aromatic N) is 2. The molecule has 0 bridgehead atoms. The summed E-state index contributed by atoms with van der Waals surface area (Å²) >= 11 is 0. The molecule has 0 unspecified atom stereocenters. The quantitative estimate of drug-likeness (QED) is 0.737. The standard InChI is InChI=1S/C20H23N3O/c1-15-8-9-16(14-20(15)24-13-12-23(2)3)22-19-10-11-21-18-7-5-4-6-17(18)19/h4-11,14H,12-13H2,1-3H3,(H,21,22). The molecule has 0 saturated carbocycles. The molecule has 2 aromatic carbocycles. The van der Waals surface area contributed by atoms with Crippen molar-refractivity contribution < 1.29 is 4.74 Å². The largest absolute Gasteiger partial charge is 0.492 e. The minimum Gasteiger partial charge on any atom is -0.492 e. The van der Waals surface area contributed by atoms with Gasteiger partial charge in [0, 0.05) is 35.6 Å². The van der Waals surface area contributed by atoms with Gasteiger partial charge in [0.25, 0.3) is 0 Å². The van der Waals surface area contributed by atoms with Gasteiger partial charge in [-0.15, -0.1) is 0 Å². The predicted octanol–water partition coefficient (Wildman–Crippen LogP) is 4.23. The SMILES string of the molecule is Cc1ccc(Nc2ccnc3ccccc23)cc1OCCN(C)C. The first kappa shape index (κ1) is 16.3. The number of rotatable bonds is 6. The molecule has 0 aliphatic carbocycles. The third kappa shape index (κ3) is 3.84. The maximum Gasteiger partial charge on any atom is 0.124 e. The Hall–Kier alpha value is -2.59. The normalized spacial score (nSPS) is 11.0. The van der Waals surface area contributed by atoms with Gasteiger partial charge in [0.2, 0.25) is 0 Å². The van der Waals surface area contributed by atoms with Crippen molar-refractivity contribution >= 4 is 22.3 Å². The van der Waals surface area contributed by atoms with Crippen molar-refractivity contribution in [2.75, 3.05) is 32.6 Å². The van der Waals surface area contributed by atoms with Crippen LogP contribution in [0, 0.1) is 6.92 Å². The highest BCUT2D eigenvalue weighted by atomic mass is 16.5. The summed E-state index contributed by atoms with van der Waals surface area (Å²) in [6, 6.07) is 16.3. The van der Waals surface area contributed by atoms with E-state index in [9.17, 15) is 0 Å². The number of aromatic nitrogens is 1. The Morgan fingerprint density at radius 2 is 1.92 bits per heavy atom. The Kier molecular flexibility index (Phi) is 4.96. The zero-order valence-electron chi connectivity index (χ0n) is 14.4. The van der Waals surface area contributed by atoms with Crippen molar-refractivity contribution in [2.24, 2.45) is 0 Å². The molecule has 1 heterocycles. The maximum absolute atomic E-state index is 5.92. The summed E-state index contributed by atoms with van der Waals surface area (Å²) in [7, 11) is 4.09. The van der Waals surface area contributed by atoms with Crippen LogP contribution < -0.4 is 10.1 Å². The van der Waals surface area contributed by atoms with E-state index in [1.807, 2.05) is 44.6 Å². The molecule has 0 aliphatic rings. The average Bonchev–Trinajstić information content (AvgIpc) is 2.58. The van der Waals surface area contributed by atoms with Gasteiger partial charge in [-0.25, -0.2) is 0 Å². The number of ether oxygens (including phenoxy) is 1. The van der Waals surface area contributed by atoms with Crippen LogP contribution in [0.2, 0.25) is 0 Å². The van der Waals surface area contributed by atoms with Gasteiger partial charge in [-0.2, -0.15) is 0 Å². The monoisotopic (exact) mass is 321 g/mol. The molecule has 4 heteroatoms. The van der Waals surface area contributed by atoms with Crippen LogP contribution in [-0.2, 0) is 0 Å². The zero-order chi connectivity index (χ0) is 16.9. The fourth-order valence-electron chi connectivity index (χ4n) is 2.53.